The van der Waals surface area contributed by atoms with E-state index in [1.807, 2.05) is 40.3 Å². The van der Waals surface area contributed by atoms with E-state index >= 15 is 0 Å². The van der Waals surface area contributed by atoms with Crippen LogP contribution in [0.5, 0.6) is 5.75 Å². The molecule has 0 amide bonds. The summed E-state index contributed by atoms with van der Waals surface area (Å²) < 4.78 is 5.62. The lowest BCUT2D eigenvalue weighted by Gasteiger charge is -2.07. The zero-order valence-corrected chi connectivity index (χ0v) is 16.3. The van der Waals surface area contributed by atoms with Gasteiger partial charge in [-0.1, -0.05) is 0 Å². The fourth-order valence-electron chi connectivity index (χ4n) is 2.19. The highest BCUT2D eigenvalue weighted by Gasteiger charge is 2.30. The standard InChI is InChI=1S/C10H18N2O.C6H3N3O7/c1-11(2)7-9-5-6-10(13-9)8-12(3)4;10-6-4(8(13)14)1-3(7(11)12)2-5(6)9(15)16/h5-6H,7-8H2,1-4H3;1-2,10H. The number of benzene rings is 1. The summed E-state index contributed by atoms with van der Waals surface area (Å²) in [5.41, 5.74) is -3.00. The number of hydrogen-bond donors (Lipinski definition) is 1. The first-order valence-corrected chi connectivity index (χ1v) is 8.09. The third kappa shape index (κ3) is 7.15. The van der Waals surface area contributed by atoms with Crippen LogP contribution in [0.25, 0.3) is 0 Å². The molecule has 0 aliphatic rings. The van der Waals surface area contributed by atoms with Gasteiger partial charge >= 0.3 is 11.4 Å². The molecule has 0 radical (unpaired) electrons. The zero-order valence-electron chi connectivity index (χ0n) is 16.3. The van der Waals surface area contributed by atoms with Crippen molar-refractivity contribution < 1.29 is 24.3 Å². The molecule has 0 saturated carbocycles. The Morgan fingerprint density at radius 3 is 1.48 bits per heavy atom. The van der Waals surface area contributed by atoms with Crippen LogP contribution in [0.2, 0.25) is 0 Å². The normalized spacial score (nSPS) is 10.6. The summed E-state index contributed by atoms with van der Waals surface area (Å²) in [4.78, 5) is 32.0. The van der Waals surface area contributed by atoms with Crippen molar-refractivity contribution in [3.8, 4) is 5.75 Å². The van der Waals surface area contributed by atoms with Crippen molar-refractivity contribution in [2.24, 2.45) is 0 Å². The van der Waals surface area contributed by atoms with E-state index in [2.05, 4.69) is 9.80 Å². The fraction of sp³-hybridized carbons (Fsp3) is 0.375. The first-order chi connectivity index (χ1) is 13.4. The minimum atomic E-state index is -1.21. The number of nitrogens with zero attached hydrogens (tertiary/aromatic N) is 5. The van der Waals surface area contributed by atoms with E-state index in [-0.39, 0.29) is 0 Å². The summed E-state index contributed by atoms with van der Waals surface area (Å²) in [6.07, 6.45) is 0. The Kier molecular flexibility index (Phi) is 8.17. The molecule has 2 rings (SSSR count). The number of phenols is 1. The van der Waals surface area contributed by atoms with Crippen LogP contribution in [-0.4, -0.2) is 57.9 Å². The molecule has 0 unspecified atom stereocenters. The minimum Gasteiger partial charge on any atom is -0.497 e. The summed E-state index contributed by atoms with van der Waals surface area (Å²) in [5.74, 6) is 0.851. The summed E-state index contributed by atoms with van der Waals surface area (Å²) in [6.45, 7) is 1.74. The van der Waals surface area contributed by atoms with Crippen molar-refractivity contribution >= 4 is 17.1 Å². The summed E-state index contributed by atoms with van der Waals surface area (Å²) >= 11 is 0. The van der Waals surface area contributed by atoms with Gasteiger partial charge in [0.15, 0.2) is 0 Å². The molecule has 29 heavy (non-hydrogen) atoms. The molecule has 0 atom stereocenters. The van der Waals surface area contributed by atoms with E-state index in [0.717, 1.165) is 24.6 Å². The van der Waals surface area contributed by atoms with E-state index in [4.69, 9.17) is 9.52 Å². The average molecular weight is 411 g/mol. The number of aromatic hydroxyl groups is 1. The highest BCUT2D eigenvalue weighted by Crippen LogP contribution is 2.38. The summed E-state index contributed by atoms with van der Waals surface area (Å²) in [6, 6.07) is 4.97. The predicted octanol–water partition coefficient (Wildman–Crippen LogP) is 2.52. The van der Waals surface area contributed by atoms with Crippen LogP contribution in [0.15, 0.2) is 28.7 Å². The molecular weight excluding hydrogens is 390 g/mol. The van der Waals surface area contributed by atoms with Crippen LogP contribution in [0.3, 0.4) is 0 Å². The Morgan fingerprint density at radius 2 is 1.21 bits per heavy atom. The lowest BCUT2D eigenvalue weighted by atomic mass is 10.2. The van der Waals surface area contributed by atoms with Crippen molar-refractivity contribution in [1.82, 2.24) is 9.80 Å². The molecule has 0 bridgehead atoms. The van der Waals surface area contributed by atoms with Gasteiger partial charge < -0.3 is 19.3 Å². The molecule has 0 saturated heterocycles. The molecule has 1 N–H and O–H groups in total. The number of non-ortho nitro benzene ring substituents is 1. The minimum absolute atomic E-state index is 0.447. The second kappa shape index (κ2) is 10.1. The molecule has 13 nitrogen and oxygen atoms in total. The summed E-state index contributed by atoms with van der Waals surface area (Å²) in [5, 5.41) is 40.2. The highest BCUT2D eigenvalue weighted by atomic mass is 16.6. The first-order valence-electron chi connectivity index (χ1n) is 8.09. The average Bonchev–Trinajstić information content (AvgIpc) is 3.00. The maximum Gasteiger partial charge on any atom is 0.324 e. The molecule has 0 fully saturated rings. The van der Waals surface area contributed by atoms with E-state index in [9.17, 15) is 30.3 Å². The topological polar surface area (TPSA) is 169 Å². The largest absolute Gasteiger partial charge is 0.497 e. The molecule has 1 aromatic carbocycles. The Balaban J connectivity index is 0.000000296. The van der Waals surface area contributed by atoms with E-state index in [1.165, 1.54) is 0 Å². The third-order valence-electron chi connectivity index (χ3n) is 3.32. The number of nitro benzene ring substituents is 3. The van der Waals surface area contributed by atoms with E-state index in [0.29, 0.717) is 12.1 Å². The van der Waals surface area contributed by atoms with Gasteiger partial charge in [-0.2, -0.15) is 0 Å². The molecule has 1 aromatic heterocycles. The first kappa shape index (κ1) is 23.5. The van der Waals surface area contributed by atoms with Gasteiger partial charge in [-0.05, 0) is 40.3 Å². The van der Waals surface area contributed by atoms with Crippen molar-refractivity contribution in [1.29, 1.82) is 0 Å². The van der Waals surface area contributed by atoms with Crippen LogP contribution in [0.4, 0.5) is 17.1 Å². The van der Waals surface area contributed by atoms with Gasteiger partial charge in [0.05, 0.1) is 40.0 Å². The molecular formula is C16H21N5O8. The van der Waals surface area contributed by atoms with Crippen molar-refractivity contribution in [2.45, 2.75) is 13.1 Å². The Labute approximate surface area is 165 Å². The second-order valence-corrected chi connectivity index (χ2v) is 6.45. The maximum atomic E-state index is 10.4. The van der Waals surface area contributed by atoms with Gasteiger partial charge in [-0.15, -0.1) is 0 Å². The van der Waals surface area contributed by atoms with Crippen LogP contribution in [0, 0.1) is 30.3 Å². The zero-order chi connectivity index (χ0) is 22.3. The van der Waals surface area contributed by atoms with Crippen molar-refractivity contribution in [2.75, 3.05) is 28.2 Å². The number of furan rings is 1. The smallest absolute Gasteiger partial charge is 0.324 e. The highest BCUT2D eigenvalue weighted by molar-refractivity contribution is 5.64. The van der Waals surface area contributed by atoms with Crippen LogP contribution >= 0.6 is 0 Å². The van der Waals surface area contributed by atoms with Crippen LogP contribution < -0.4 is 0 Å². The molecule has 13 heteroatoms. The molecule has 0 spiro atoms. The number of nitro groups is 3. The monoisotopic (exact) mass is 411 g/mol. The third-order valence-corrected chi connectivity index (χ3v) is 3.32. The quantitative estimate of drug-likeness (QED) is 0.527. The van der Waals surface area contributed by atoms with Crippen LogP contribution in [-0.2, 0) is 13.1 Å². The fourth-order valence-corrected chi connectivity index (χ4v) is 2.19. The molecule has 158 valence electrons. The number of hydrogen-bond acceptors (Lipinski definition) is 10. The van der Waals surface area contributed by atoms with Gasteiger partial charge in [0.1, 0.15) is 11.5 Å². The lowest BCUT2D eigenvalue weighted by molar-refractivity contribution is -0.404. The van der Waals surface area contributed by atoms with Crippen molar-refractivity contribution in [3.63, 3.8) is 0 Å². The maximum absolute atomic E-state index is 10.4. The Morgan fingerprint density at radius 1 is 0.828 bits per heavy atom. The SMILES string of the molecule is CN(C)Cc1ccc(CN(C)C)o1.O=[N+]([O-])c1cc([N+](=O)[O-])c(O)c([N+](=O)[O-])c1. The van der Waals surface area contributed by atoms with Gasteiger partial charge in [-0.3, -0.25) is 30.3 Å². The lowest BCUT2D eigenvalue weighted by Crippen LogP contribution is -2.10. The van der Waals surface area contributed by atoms with E-state index < -0.39 is 37.6 Å². The van der Waals surface area contributed by atoms with Gasteiger partial charge in [0.25, 0.3) is 11.4 Å². The number of phenolic OH excluding ortho intramolecular Hbond substituents is 1. The van der Waals surface area contributed by atoms with Crippen LogP contribution in [0.1, 0.15) is 11.5 Å². The van der Waals surface area contributed by atoms with Crippen molar-refractivity contribution in [3.05, 3.63) is 66.1 Å². The van der Waals surface area contributed by atoms with E-state index in [1.54, 1.807) is 0 Å². The molecule has 0 aliphatic heterocycles. The predicted molar refractivity (Wildman–Crippen MR) is 102 cm³/mol. The second-order valence-electron chi connectivity index (χ2n) is 6.45. The van der Waals surface area contributed by atoms with Gasteiger partial charge in [0, 0.05) is 0 Å². The Hall–Kier alpha value is -3.58. The molecule has 1 heterocycles. The van der Waals surface area contributed by atoms with Gasteiger partial charge in [0.2, 0.25) is 0 Å². The molecule has 2 aromatic rings. The molecule has 0 aliphatic carbocycles. The Bertz CT molecular complexity index is 834. The van der Waals surface area contributed by atoms with Gasteiger partial charge in [-0.25, -0.2) is 0 Å². The summed E-state index contributed by atoms with van der Waals surface area (Å²) in [7, 11) is 8.14. The number of rotatable bonds is 7.